The van der Waals surface area contributed by atoms with Gasteiger partial charge in [-0.15, -0.1) is 0 Å². The van der Waals surface area contributed by atoms with Crippen molar-refractivity contribution in [2.75, 3.05) is 44.7 Å². The lowest BCUT2D eigenvalue weighted by Crippen LogP contribution is -2.46. The summed E-state index contributed by atoms with van der Waals surface area (Å²) in [6.07, 6.45) is 3.60. The van der Waals surface area contributed by atoms with E-state index in [9.17, 15) is 0 Å². The lowest BCUT2D eigenvalue weighted by molar-refractivity contribution is -0.0679. The minimum atomic E-state index is 0.293. The highest BCUT2D eigenvalue weighted by Crippen LogP contribution is 2.38. The molecule has 6 nitrogen and oxygen atoms in total. The monoisotopic (exact) mass is 458 g/mol. The van der Waals surface area contributed by atoms with Crippen LogP contribution in [0, 0.1) is 11.3 Å². The number of aromatic nitrogens is 1. The molecule has 4 rings (SSSR count). The molecule has 34 heavy (non-hydrogen) atoms. The topological polar surface area (TPSA) is 61.6 Å². The number of rotatable bonds is 8. The molecule has 1 fully saturated rings. The fourth-order valence-electron chi connectivity index (χ4n) is 4.99. The van der Waals surface area contributed by atoms with E-state index in [0.29, 0.717) is 17.8 Å². The van der Waals surface area contributed by atoms with Gasteiger partial charge in [0.25, 0.3) is 0 Å². The number of methoxy groups -OCH3 is 1. The van der Waals surface area contributed by atoms with Crippen LogP contribution in [-0.4, -0.2) is 61.9 Å². The van der Waals surface area contributed by atoms with Gasteiger partial charge >= 0.3 is 0 Å². The molecule has 0 radical (unpaired) electrons. The number of nitrogens with zero attached hydrogens (tertiary/aromatic N) is 4. The molecule has 0 aliphatic carbocycles. The Bertz CT molecular complexity index is 1150. The molecule has 2 aromatic carbocycles. The van der Waals surface area contributed by atoms with E-state index >= 15 is 0 Å². The number of morpholine rings is 1. The maximum Gasteiger partial charge on any atom is 0.153 e. The maximum absolute atomic E-state index is 9.11. The van der Waals surface area contributed by atoms with Gasteiger partial charge in [-0.05, 0) is 51.0 Å². The number of benzene rings is 2. The molecule has 1 saturated heterocycles. The molecule has 6 heteroatoms. The molecule has 3 aromatic rings. The van der Waals surface area contributed by atoms with Crippen LogP contribution in [0.1, 0.15) is 32.8 Å². The predicted molar refractivity (Wildman–Crippen MR) is 137 cm³/mol. The second-order valence-electron chi connectivity index (χ2n) is 9.02. The average molecular weight is 459 g/mol. The molecular formula is C28H34N4O2. The van der Waals surface area contributed by atoms with Gasteiger partial charge in [0.15, 0.2) is 5.75 Å². The third-order valence-electron chi connectivity index (χ3n) is 6.48. The van der Waals surface area contributed by atoms with Crippen LogP contribution >= 0.6 is 0 Å². The first-order valence-corrected chi connectivity index (χ1v) is 12.1. The van der Waals surface area contributed by atoms with Crippen molar-refractivity contribution in [1.29, 1.82) is 5.26 Å². The lowest BCUT2D eigenvalue weighted by atomic mass is 10.00. The fourth-order valence-corrected chi connectivity index (χ4v) is 4.99. The molecule has 1 aliphatic heterocycles. The van der Waals surface area contributed by atoms with E-state index in [2.05, 4.69) is 48.8 Å². The van der Waals surface area contributed by atoms with Crippen molar-refractivity contribution in [2.45, 2.75) is 39.4 Å². The van der Waals surface area contributed by atoms with Crippen LogP contribution in [0.5, 0.6) is 5.75 Å². The van der Waals surface area contributed by atoms with Gasteiger partial charge in [0.2, 0.25) is 0 Å². The summed E-state index contributed by atoms with van der Waals surface area (Å²) < 4.78 is 11.8. The summed E-state index contributed by atoms with van der Waals surface area (Å²) in [6, 6.07) is 16.0. The van der Waals surface area contributed by atoms with Gasteiger partial charge in [-0.1, -0.05) is 24.3 Å². The second-order valence-corrected chi connectivity index (χ2v) is 9.02. The Morgan fingerprint density at radius 3 is 2.53 bits per heavy atom. The van der Waals surface area contributed by atoms with Crippen molar-refractivity contribution in [3.05, 3.63) is 54.2 Å². The highest BCUT2D eigenvalue weighted by molar-refractivity contribution is 5.99. The molecule has 178 valence electrons. The van der Waals surface area contributed by atoms with Gasteiger partial charge in [0.05, 0.1) is 48.4 Å². The number of nitriles is 1. The first-order chi connectivity index (χ1) is 16.5. The van der Waals surface area contributed by atoms with Crippen molar-refractivity contribution in [3.8, 4) is 22.9 Å². The maximum atomic E-state index is 9.11. The zero-order valence-electron chi connectivity index (χ0n) is 20.6. The van der Waals surface area contributed by atoms with E-state index in [-0.39, 0.29) is 0 Å². The summed E-state index contributed by atoms with van der Waals surface area (Å²) in [5, 5.41) is 10.1. The molecule has 0 saturated carbocycles. The Kier molecular flexibility index (Phi) is 7.66. The standard InChI is InChI=1S/C28H34N4O2/c1-5-32(15-7-14-31-18-20(2)34-21(3)19-31)26-17-30-27-24(8-6-9-25(27)28(26)33-4)23-12-10-22(16-29)11-13-23/h6,8-13,17,20-21H,5,7,14-15,18-19H2,1-4H3. The summed E-state index contributed by atoms with van der Waals surface area (Å²) >= 11 is 0. The quantitative estimate of drug-likeness (QED) is 0.468. The van der Waals surface area contributed by atoms with Gasteiger partial charge in [0, 0.05) is 43.7 Å². The summed E-state index contributed by atoms with van der Waals surface area (Å²) in [7, 11) is 1.73. The normalized spacial score (nSPS) is 18.6. The van der Waals surface area contributed by atoms with E-state index in [1.165, 1.54) is 0 Å². The van der Waals surface area contributed by atoms with Gasteiger partial charge in [-0.2, -0.15) is 5.26 Å². The van der Waals surface area contributed by atoms with Crippen molar-refractivity contribution >= 4 is 16.6 Å². The van der Waals surface area contributed by atoms with Crippen molar-refractivity contribution in [2.24, 2.45) is 0 Å². The molecule has 0 amide bonds. The van der Waals surface area contributed by atoms with Crippen molar-refractivity contribution in [3.63, 3.8) is 0 Å². The van der Waals surface area contributed by atoms with Crippen LogP contribution in [0.15, 0.2) is 48.7 Å². The molecule has 0 N–H and O–H groups in total. The van der Waals surface area contributed by atoms with E-state index in [1.807, 2.05) is 36.5 Å². The molecule has 2 heterocycles. The largest absolute Gasteiger partial charge is 0.494 e. The highest BCUT2D eigenvalue weighted by atomic mass is 16.5. The Balaban J connectivity index is 1.57. The lowest BCUT2D eigenvalue weighted by Gasteiger charge is -2.35. The van der Waals surface area contributed by atoms with Crippen LogP contribution in [-0.2, 0) is 4.74 Å². The van der Waals surface area contributed by atoms with E-state index in [1.54, 1.807) is 7.11 Å². The van der Waals surface area contributed by atoms with Gasteiger partial charge in [-0.25, -0.2) is 0 Å². The fraction of sp³-hybridized carbons (Fsp3) is 0.429. The van der Waals surface area contributed by atoms with Crippen LogP contribution in [0.4, 0.5) is 5.69 Å². The summed E-state index contributed by atoms with van der Waals surface area (Å²) in [5.74, 6) is 0.857. The van der Waals surface area contributed by atoms with Gasteiger partial charge in [0.1, 0.15) is 0 Å². The molecule has 1 aliphatic rings. The van der Waals surface area contributed by atoms with Gasteiger partial charge < -0.3 is 14.4 Å². The Labute approximate surface area is 202 Å². The summed E-state index contributed by atoms with van der Waals surface area (Å²) in [5.41, 5.74) is 4.65. The van der Waals surface area contributed by atoms with Crippen LogP contribution < -0.4 is 9.64 Å². The van der Waals surface area contributed by atoms with Gasteiger partial charge in [-0.3, -0.25) is 9.88 Å². The minimum absolute atomic E-state index is 0.293. The third kappa shape index (κ3) is 5.16. The SMILES string of the molecule is CCN(CCCN1CC(C)OC(C)C1)c1cnc2c(-c3ccc(C#N)cc3)cccc2c1OC. The van der Waals surface area contributed by atoms with E-state index in [0.717, 1.165) is 72.6 Å². The van der Waals surface area contributed by atoms with Crippen LogP contribution in [0.3, 0.4) is 0 Å². The number of anilines is 1. The van der Waals surface area contributed by atoms with E-state index < -0.39 is 0 Å². The zero-order chi connectivity index (χ0) is 24.1. The van der Waals surface area contributed by atoms with Crippen molar-refractivity contribution in [1.82, 2.24) is 9.88 Å². The van der Waals surface area contributed by atoms with Crippen LogP contribution in [0.2, 0.25) is 0 Å². The predicted octanol–water partition coefficient (Wildman–Crippen LogP) is 5.11. The van der Waals surface area contributed by atoms with E-state index in [4.69, 9.17) is 19.7 Å². The Hall–Kier alpha value is -3.14. The first-order valence-electron chi connectivity index (χ1n) is 12.1. The summed E-state index contributed by atoms with van der Waals surface area (Å²) in [4.78, 5) is 9.74. The minimum Gasteiger partial charge on any atom is -0.494 e. The zero-order valence-corrected chi connectivity index (χ0v) is 20.6. The second kappa shape index (κ2) is 10.9. The van der Waals surface area contributed by atoms with Crippen molar-refractivity contribution < 1.29 is 9.47 Å². The smallest absolute Gasteiger partial charge is 0.153 e. The molecular weight excluding hydrogens is 424 g/mol. The Morgan fingerprint density at radius 1 is 1.15 bits per heavy atom. The third-order valence-corrected chi connectivity index (χ3v) is 6.48. The molecule has 2 atom stereocenters. The number of pyridine rings is 1. The average Bonchev–Trinajstić information content (AvgIpc) is 2.85. The molecule has 2 unspecified atom stereocenters. The Morgan fingerprint density at radius 2 is 1.88 bits per heavy atom. The molecule has 0 bridgehead atoms. The molecule has 1 aromatic heterocycles. The van der Waals surface area contributed by atoms with Crippen LogP contribution in [0.25, 0.3) is 22.0 Å². The number of hydrogen-bond acceptors (Lipinski definition) is 6. The first kappa shape index (κ1) is 24.0. The molecule has 0 spiro atoms. The number of fused-ring (bicyclic) bond motifs is 1. The number of para-hydroxylation sites is 1. The highest BCUT2D eigenvalue weighted by Gasteiger charge is 2.22. The number of hydrogen-bond donors (Lipinski definition) is 0. The summed E-state index contributed by atoms with van der Waals surface area (Å²) in [6.45, 7) is 11.4. The number of ether oxygens (including phenoxy) is 2.